The van der Waals surface area contributed by atoms with Gasteiger partial charge >= 0.3 is 5.97 Å². The molecule has 0 unspecified atom stereocenters. The fraction of sp³-hybridized carbons (Fsp3) is 0.500. The molecular weight excluding hydrogens is 262 g/mol. The van der Waals surface area contributed by atoms with Gasteiger partial charge in [0.2, 0.25) is 0 Å². The highest BCUT2D eigenvalue weighted by atomic mass is 16.6. The summed E-state index contributed by atoms with van der Waals surface area (Å²) >= 11 is 0. The quantitative estimate of drug-likeness (QED) is 0.682. The van der Waals surface area contributed by atoms with E-state index in [0.717, 1.165) is 31.5 Å². The van der Waals surface area contributed by atoms with Gasteiger partial charge in [-0.3, -0.25) is 0 Å². The van der Waals surface area contributed by atoms with Gasteiger partial charge in [-0.15, -0.1) is 0 Å². The Balaban J connectivity index is 1.92. The third kappa shape index (κ3) is 4.71. The van der Waals surface area contributed by atoms with E-state index in [1.54, 1.807) is 6.08 Å². The van der Waals surface area contributed by atoms with Crippen LogP contribution in [0.1, 0.15) is 37.8 Å². The molecule has 0 bridgehead atoms. The molecule has 1 saturated heterocycles. The number of piperidine rings is 1. The first-order valence-corrected chi connectivity index (χ1v) is 7.66. The predicted molar refractivity (Wildman–Crippen MR) is 86.0 cm³/mol. The van der Waals surface area contributed by atoms with Gasteiger partial charge in [0.05, 0.1) is 0 Å². The minimum absolute atomic E-state index is 0.265. The van der Waals surface area contributed by atoms with Gasteiger partial charge in [0, 0.05) is 12.0 Å². The van der Waals surface area contributed by atoms with Crippen LogP contribution in [-0.4, -0.2) is 24.7 Å². The maximum Gasteiger partial charge on any atom is 0.331 e. The van der Waals surface area contributed by atoms with Gasteiger partial charge in [0.1, 0.15) is 5.60 Å². The number of carbonyl (C=O) groups is 1. The van der Waals surface area contributed by atoms with Crippen molar-refractivity contribution in [1.29, 1.82) is 0 Å². The van der Waals surface area contributed by atoms with Crippen molar-refractivity contribution >= 4 is 12.0 Å². The summed E-state index contributed by atoms with van der Waals surface area (Å²) < 4.78 is 5.67. The van der Waals surface area contributed by atoms with Crippen molar-refractivity contribution in [1.82, 2.24) is 5.32 Å². The highest BCUT2D eigenvalue weighted by molar-refractivity contribution is 5.87. The minimum Gasteiger partial charge on any atom is -0.456 e. The summed E-state index contributed by atoms with van der Waals surface area (Å²) in [6.07, 6.45) is 5.44. The summed E-state index contributed by atoms with van der Waals surface area (Å²) in [5, 5.41) is 3.34. The first-order valence-electron chi connectivity index (χ1n) is 7.66. The molecule has 3 heteroatoms. The van der Waals surface area contributed by atoms with Crippen LogP contribution in [-0.2, 0) is 9.53 Å². The Morgan fingerprint density at radius 1 is 1.24 bits per heavy atom. The Morgan fingerprint density at radius 3 is 2.48 bits per heavy atom. The van der Waals surface area contributed by atoms with Gasteiger partial charge in [-0.25, -0.2) is 4.79 Å². The molecule has 0 aromatic heterocycles. The molecule has 21 heavy (non-hydrogen) atoms. The van der Waals surface area contributed by atoms with Crippen molar-refractivity contribution in [2.75, 3.05) is 13.1 Å². The summed E-state index contributed by atoms with van der Waals surface area (Å²) in [6, 6.07) is 8.06. The normalized spacial score (nSPS) is 17.1. The van der Waals surface area contributed by atoms with Gasteiger partial charge in [0.15, 0.2) is 0 Å². The second-order valence-electron chi connectivity index (χ2n) is 6.29. The first kappa shape index (κ1) is 15.8. The van der Waals surface area contributed by atoms with E-state index in [1.807, 2.05) is 45.0 Å². The van der Waals surface area contributed by atoms with Crippen LogP contribution in [0.2, 0.25) is 0 Å². The minimum atomic E-state index is -0.406. The van der Waals surface area contributed by atoms with Gasteiger partial charge in [-0.2, -0.15) is 0 Å². The molecule has 1 aromatic carbocycles. The van der Waals surface area contributed by atoms with Crippen molar-refractivity contribution in [3.05, 3.63) is 41.5 Å². The number of aryl methyl sites for hydroxylation is 1. The average molecular weight is 287 g/mol. The van der Waals surface area contributed by atoms with Crippen LogP contribution in [0.25, 0.3) is 6.08 Å². The molecule has 1 aliphatic rings. The van der Waals surface area contributed by atoms with E-state index in [0.29, 0.717) is 5.92 Å². The fourth-order valence-electron chi connectivity index (χ4n) is 2.74. The summed E-state index contributed by atoms with van der Waals surface area (Å²) in [4.78, 5) is 12.0. The Labute approximate surface area is 127 Å². The zero-order valence-corrected chi connectivity index (χ0v) is 13.2. The SMILES string of the molecule is Cc1ccc(/C=C/C(=O)OC(C)(C)C2CCNCC2)cc1. The number of nitrogens with one attached hydrogen (secondary N) is 1. The number of carbonyl (C=O) groups excluding carboxylic acids is 1. The maximum absolute atomic E-state index is 12.0. The van der Waals surface area contributed by atoms with Crippen molar-refractivity contribution in [2.24, 2.45) is 5.92 Å². The van der Waals surface area contributed by atoms with Gasteiger partial charge in [-0.1, -0.05) is 29.8 Å². The molecule has 0 amide bonds. The van der Waals surface area contributed by atoms with Crippen LogP contribution in [0.4, 0.5) is 0 Å². The lowest BCUT2D eigenvalue weighted by Crippen LogP contribution is -2.42. The maximum atomic E-state index is 12.0. The third-order valence-corrected chi connectivity index (χ3v) is 4.18. The molecule has 1 aliphatic heterocycles. The molecule has 0 spiro atoms. The van der Waals surface area contributed by atoms with Crippen molar-refractivity contribution in [3.63, 3.8) is 0 Å². The molecule has 0 atom stereocenters. The molecule has 0 aliphatic carbocycles. The number of esters is 1. The van der Waals surface area contributed by atoms with Gasteiger partial charge < -0.3 is 10.1 Å². The van der Waals surface area contributed by atoms with Crippen LogP contribution in [0.15, 0.2) is 30.3 Å². The van der Waals surface area contributed by atoms with E-state index in [9.17, 15) is 4.79 Å². The number of rotatable bonds is 4. The van der Waals surface area contributed by atoms with E-state index < -0.39 is 5.60 Å². The Kier molecular flexibility index (Phi) is 5.18. The summed E-state index contributed by atoms with van der Waals surface area (Å²) in [5.41, 5.74) is 1.82. The lowest BCUT2D eigenvalue weighted by Gasteiger charge is -2.36. The Morgan fingerprint density at radius 2 is 1.86 bits per heavy atom. The molecule has 1 fully saturated rings. The molecule has 0 radical (unpaired) electrons. The number of benzene rings is 1. The van der Waals surface area contributed by atoms with E-state index in [2.05, 4.69) is 5.32 Å². The lowest BCUT2D eigenvalue weighted by atomic mass is 9.83. The smallest absolute Gasteiger partial charge is 0.331 e. The second kappa shape index (κ2) is 6.90. The molecule has 2 rings (SSSR count). The van der Waals surface area contributed by atoms with Crippen LogP contribution in [0.3, 0.4) is 0 Å². The van der Waals surface area contributed by atoms with E-state index in [4.69, 9.17) is 4.74 Å². The first-order chi connectivity index (χ1) is 9.97. The number of ether oxygens (including phenoxy) is 1. The summed E-state index contributed by atoms with van der Waals surface area (Å²) in [5.74, 6) is 0.162. The van der Waals surface area contributed by atoms with Crippen molar-refractivity contribution in [3.8, 4) is 0 Å². The topological polar surface area (TPSA) is 38.3 Å². The Hall–Kier alpha value is -1.61. The molecule has 0 saturated carbocycles. The zero-order chi connectivity index (χ0) is 15.3. The van der Waals surface area contributed by atoms with Gasteiger partial charge in [0.25, 0.3) is 0 Å². The largest absolute Gasteiger partial charge is 0.456 e. The average Bonchev–Trinajstić information content (AvgIpc) is 2.47. The monoisotopic (exact) mass is 287 g/mol. The van der Waals surface area contributed by atoms with Crippen LogP contribution in [0, 0.1) is 12.8 Å². The second-order valence-corrected chi connectivity index (χ2v) is 6.29. The molecule has 1 N–H and O–H groups in total. The molecular formula is C18H25NO2. The van der Waals surface area contributed by atoms with E-state index in [-0.39, 0.29) is 5.97 Å². The molecule has 1 aromatic rings. The highest BCUT2D eigenvalue weighted by Crippen LogP contribution is 2.29. The van der Waals surface area contributed by atoms with Crippen molar-refractivity contribution < 1.29 is 9.53 Å². The van der Waals surface area contributed by atoms with E-state index in [1.165, 1.54) is 11.6 Å². The van der Waals surface area contributed by atoms with Crippen LogP contribution in [0.5, 0.6) is 0 Å². The highest BCUT2D eigenvalue weighted by Gasteiger charge is 2.33. The zero-order valence-electron chi connectivity index (χ0n) is 13.2. The van der Waals surface area contributed by atoms with Crippen molar-refractivity contribution in [2.45, 2.75) is 39.2 Å². The molecule has 114 valence electrons. The Bertz CT molecular complexity index is 496. The standard InChI is InChI=1S/C18H25NO2/c1-14-4-6-15(7-5-14)8-9-17(20)21-18(2,3)16-10-12-19-13-11-16/h4-9,16,19H,10-13H2,1-3H3/b9-8+. The lowest BCUT2D eigenvalue weighted by molar-refractivity contribution is -0.156. The predicted octanol–water partition coefficient (Wildman–Crippen LogP) is 3.33. The summed E-state index contributed by atoms with van der Waals surface area (Å²) in [6.45, 7) is 8.08. The van der Waals surface area contributed by atoms with E-state index >= 15 is 0 Å². The third-order valence-electron chi connectivity index (χ3n) is 4.18. The number of hydrogen-bond donors (Lipinski definition) is 1. The summed E-state index contributed by atoms with van der Waals surface area (Å²) in [7, 11) is 0. The van der Waals surface area contributed by atoms with Crippen LogP contribution >= 0.6 is 0 Å². The molecule has 3 nitrogen and oxygen atoms in total. The fourth-order valence-corrected chi connectivity index (χ4v) is 2.74. The van der Waals surface area contributed by atoms with Crippen LogP contribution < -0.4 is 5.32 Å². The van der Waals surface area contributed by atoms with Gasteiger partial charge in [-0.05, 0) is 58.3 Å². The number of hydrogen-bond acceptors (Lipinski definition) is 3. The molecule has 1 heterocycles.